The zero-order valence-corrected chi connectivity index (χ0v) is 11.6. The number of piperidine rings is 1. The van der Waals surface area contributed by atoms with E-state index in [4.69, 9.17) is 9.84 Å². The molecule has 1 aliphatic carbocycles. The van der Waals surface area contributed by atoms with E-state index in [1.54, 1.807) is 0 Å². The first kappa shape index (κ1) is 14.3. The molecular formula is C15H29NO2. The largest absolute Gasteiger partial charge is 0.394 e. The predicted molar refractivity (Wildman–Crippen MR) is 73.7 cm³/mol. The number of aliphatic hydroxyl groups is 1. The Hall–Kier alpha value is -0.120. The van der Waals surface area contributed by atoms with E-state index in [-0.39, 0.29) is 6.61 Å². The molecule has 2 rings (SSSR count). The van der Waals surface area contributed by atoms with Gasteiger partial charge in [-0.05, 0) is 31.7 Å². The molecule has 0 radical (unpaired) electrons. The topological polar surface area (TPSA) is 32.7 Å². The van der Waals surface area contributed by atoms with Crippen LogP contribution in [0.1, 0.15) is 51.4 Å². The third-order valence-corrected chi connectivity index (χ3v) is 4.56. The van der Waals surface area contributed by atoms with Crippen molar-refractivity contribution in [3.8, 4) is 0 Å². The van der Waals surface area contributed by atoms with Crippen molar-refractivity contribution in [1.29, 1.82) is 0 Å². The summed E-state index contributed by atoms with van der Waals surface area (Å²) in [5.41, 5.74) is 0. The SMILES string of the molecule is OCCOC1CCN(CCC2CCCCC2)CC1. The van der Waals surface area contributed by atoms with Crippen molar-refractivity contribution in [2.45, 2.75) is 57.5 Å². The minimum atomic E-state index is 0.155. The molecule has 0 unspecified atom stereocenters. The summed E-state index contributed by atoms with van der Waals surface area (Å²) >= 11 is 0. The van der Waals surface area contributed by atoms with Gasteiger partial charge >= 0.3 is 0 Å². The Labute approximate surface area is 112 Å². The summed E-state index contributed by atoms with van der Waals surface area (Å²) in [5.74, 6) is 1.00. The smallest absolute Gasteiger partial charge is 0.0701 e. The Morgan fingerprint density at radius 2 is 1.72 bits per heavy atom. The van der Waals surface area contributed by atoms with E-state index in [2.05, 4.69) is 4.90 Å². The van der Waals surface area contributed by atoms with Crippen LogP contribution in [0.25, 0.3) is 0 Å². The Morgan fingerprint density at radius 3 is 2.39 bits per heavy atom. The van der Waals surface area contributed by atoms with Crippen LogP contribution in [0.2, 0.25) is 0 Å². The number of nitrogens with zero attached hydrogens (tertiary/aromatic N) is 1. The summed E-state index contributed by atoms with van der Waals surface area (Å²) in [5, 5.41) is 8.74. The van der Waals surface area contributed by atoms with Crippen molar-refractivity contribution >= 4 is 0 Å². The third kappa shape index (κ3) is 4.87. The van der Waals surface area contributed by atoms with Crippen molar-refractivity contribution < 1.29 is 9.84 Å². The molecule has 0 atom stereocenters. The van der Waals surface area contributed by atoms with Gasteiger partial charge in [-0.3, -0.25) is 0 Å². The van der Waals surface area contributed by atoms with E-state index >= 15 is 0 Å². The first-order valence-electron chi connectivity index (χ1n) is 7.83. The lowest BCUT2D eigenvalue weighted by molar-refractivity contribution is -0.00857. The number of aliphatic hydroxyl groups excluding tert-OH is 1. The molecule has 3 heteroatoms. The van der Waals surface area contributed by atoms with Crippen molar-refractivity contribution in [2.24, 2.45) is 5.92 Å². The van der Waals surface area contributed by atoms with Gasteiger partial charge in [0.15, 0.2) is 0 Å². The Balaban J connectivity index is 1.55. The second kappa shape index (κ2) is 8.13. The Morgan fingerprint density at radius 1 is 1.00 bits per heavy atom. The second-order valence-electron chi connectivity index (χ2n) is 5.93. The van der Waals surface area contributed by atoms with Crippen molar-refractivity contribution in [2.75, 3.05) is 32.8 Å². The van der Waals surface area contributed by atoms with Gasteiger partial charge in [0.2, 0.25) is 0 Å². The highest BCUT2D eigenvalue weighted by atomic mass is 16.5. The van der Waals surface area contributed by atoms with Gasteiger partial charge in [0.25, 0.3) is 0 Å². The van der Waals surface area contributed by atoms with Gasteiger partial charge in [-0.15, -0.1) is 0 Å². The summed E-state index contributed by atoms with van der Waals surface area (Å²) in [4.78, 5) is 2.60. The Bertz CT molecular complexity index is 209. The maximum atomic E-state index is 8.74. The molecule has 0 aromatic heterocycles. The first-order chi connectivity index (χ1) is 8.88. The average molecular weight is 255 g/mol. The van der Waals surface area contributed by atoms with Gasteiger partial charge in [0.05, 0.1) is 19.3 Å². The van der Waals surface area contributed by atoms with Gasteiger partial charge in [0, 0.05) is 13.1 Å². The molecule has 1 saturated heterocycles. The summed E-state index contributed by atoms with van der Waals surface area (Å²) < 4.78 is 5.60. The van der Waals surface area contributed by atoms with Crippen LogP contribution in [-0.2, 0) is 4.74 Å². The molecule has 0 aromatic rings. The quantitative estimate of drug-likeness (QED) is 0.791. The molecule has 2 aliphatic rings. The summed E-state index contributed by atoms with van der Waals surface area (Å²) in [7, 11) is 0. The van der Waals surface area contributed by atoms with E-state index in [9.17, 15) is 0 Å². The van der Waals surface area contributed by atoms with Crippen LogP contribution in [0.15, 0.2) is 0 Å². The fourth-order valence-electron chi connectivity index (χ4n) is 3.36. The van der Waals surface area contributed by atoms with Crippen LogP contribution in [0, 0.1) is 5.92 Å². The molecule has 3 nitrogen and oxygen atoms in total. The minimum Gasteiger partial charge on any atom is -0.394 e. The second-order valence-corrected chi connectivity index (χ2v) is 5.93. The monoisotopic (exact) mass is 255 g/mol. The first-order valence-corrected chi connectivity index (χ1v) is 7.83. The molecule has 18 heavy (non-hydrogen) atoms. The lowest BCUT2D eigenvalue weighted by Crippen LogP contribution is -2.38. The molecule has 0 spiro atoms. The standard InChI is InChI=1S/C15H29NO2/c17-12-13-18-15-7-10-16(11-8-15)9-6-14-4-2-1-3-5-14/h14-15,17H,1-13H2. The molecule has 1 aliphatic heterocycles. The van der Waals surface area contributed by atoms with Crippen LogP contribution >= 0.6 is 0 Å². The van der Waals surface area contributed by atoms with E-state index in [1.165, 1.54) is 58.2 Å². The van der Waals surface area contributed by atoms with Gasteiger partial charge in [0.1, 0.15) is 0 Å². The fraction of sp³-hybridized carbons (Fsp3) is 1.00. The zero-order chi connectivity index (χ0) is 12.6. The number of hydrogen-bond donors (Lipinski definition) is 1. The molecule has 1 heterocycles. The van der Waals surface area contributed by atoms with Crippen LogP contribution in [0.3, 0.4) is 0 Å². The average Bonchev–Trinajstić information content (AvgIpc) is 2.45. The minimum absolute atomic E-state index is 0.155. The van der Waals surface area contributed by atoms with Crippen molar-refractivity contribution in [3.05, 3.63) is 0 Å². The molecule has 1 saturated carbocycles. The normalized spacial score (nSPS) is 24.5. The van der Waals surface area contributed by atoms with E-state index in [0.717, 1.165) is 18.8 Å². The van der Waals surface area contributed by atoms with Gasteiger partial charge in [-0.1, -0.05) is 32.1 Å². The van der Waals surface area contributed by atoms with Crippen molar-refractivity contribution in [3.63, 3.8) is 0 Å². The molecule has 0 aromatic carbocycles. The number of likely N-dealkylation sites (tertiary alicyclic amines) is 1. The molecule has 2 fully saturated rings. The summed E-state index contributed by atoms with van der Waals surface area (Å²) in [6.07, 6.45) is 11.4. The lowest BCUT2D eigenvalue weighted by Gasteiger charge is -2.33. The van der Waals surface area contributed by atoms with Crippen LogP contribution in [-0.4, -0.2) is 49.0 Å². The molecular weight excluding hydrogens is 226 g/mol. The van der Waals surface area contributed by atoms with E-state index in [0.29, 0.717) is 12.7 Å². The predicted octanol–water partition coefficient (Wildman–Crippen LogP) is 2.43. The van der Waals surface area contributed by atoms with E-state index < -0.39 is 0 Å². The van der Waals surface area contributed by atoms with Crippen molar-refractivity contribution in [1.82, 2.24) is 4.90 Å². The van der Waals surface area contributed by atoms with Crippen LogP contribution in [0.5, 0.6) is 0 Å². The van der Waals surface area contributed by atoms with Crippen LogP contribution < -0.4 is 0 Å². The highest BCUT2D eigenvalue weighted by Crippen LogP contribution is 2.26. The highest BCUT2D eigenvalue weighted by Gasteiger charge is 2.20. The molecule has 0 amide bonds. The number of rotatable bonds is 6. The molecule has 106 valence electrons. The zero-order valence-electron chi connectivity index (χ0n) is 11.6. The number of hydrogen-bond acceptors (Lipinski definition) is 3. The maximum absolute atomic E-state index is 8.74. The summed E-state index contributed by atoms with van der Waals surface area (Å²) in [6.45, 7) is 4.32. The van der Waals surface area contributed by atoms with Crippen LogP contribution in [0.4, 0.5) is 0 Å². The third-order valence-electron chi connectivity index (χ3n) is 4.56. The fourth-order valence-corrected chi connectivity index (χ4v) is 3.36. The molecule has 1 N–H and O–H groups in total. The highest BCUT2D eigenvalue weighted by molar-refractivity contribution is 4.74. The van der Waals surface area contributed by atoms with E-state index in [1.807, 2.05) is 0 Å². The Kier molecular flexibility index (Phi) is 6.46. The van der Waals surface area contributed by atoms with Gasteiger partial charge in [-0.2, -0.15) is 0 Å². The maximum Gasteiger partial charge on any atom is 0.0701 e. The summed E-state index contributed by atoms with van der Waals surface area (Å²) in [6, 6.07) is 0. The molecule has 0 bridgehead atoms. The lowest BCUT2D eigenvalue weighted by atomic mass is 9.87. The number of ether oxygens (including phenoxy) is 1. The van der Waals surface area contributed by atoms with Gasteiger partial charge < -0.3 is 14.7 Å². The van der Waals surface area contributed by atoms with Gasteiger partial charge in [-0.25, -0.2) is 0 Å².